The van der Waals surface area contributed by atoms with Crippen LogP contribution in [0.5, 0.6) is 17.2 Å². The van der Waals surface area contributed by atoms with Crippen LogP contribution in [-0.2, 0) is 16.2 Å². The fraction of sp³-hybridized carbons (Fsp3) is 0.179. The van der Waals surface area contributed by atoms with E-state index in [2.05, 4.69) is 26.6 Å². The highest BCUT2D eigenvalue weighted by Crippen LogP contribution is 2.31. The van der Waals surface area contributed by atoms with E-state index in [9.17, 15) is 14.4 Å². The largest absolute Gasteiger partial charge is 0.495 e. The first-order chi connectivity index (χ1) is 18.4. The van der Waals surface area contributed by atoms with E-state index in [4.69, 9.17) is 14.2 Å². The molecule has 1 aliphatic rings. The van der Waals surface area contributed by atoms with Gasteiger partial charge in [-0.1, -0.05) is 46.3 Å². The number of imide groups is 1. The summed E-state index contributed by atoms with van der Waals surface area (Å²) in [6, 6.07) is 19.2. The number of hydrogen-bond acceptors (Lipinski definition) is 6. The normalized spacial score (nSPS) is 13.9. The Hall–Kier alpha value is -4.31. The second-order valence-electron chi connectivity index (χ2n) is 8.18. The zero-order valence-corrected chi connectivity index (χ0v) is 22.4. The number of rotatable bonds is 10. The number of nitrogens with zero attached hydrogens (tertiary/aromatic N) is 1. The summed E-state index contributed by atoms with van der Waals surface area (Å²) in [6.07, 6.45) is 1.53. The summed E-state index contributed by atoms with van der Waals surface area (Å²) in [5, 5.41) is 5.19. The third kappa shape index (κ3) is 6.51. The van der Waals surface area contributed by atoms with Gasteiger partial charge in [-0.05, 0) is 60.5 Å². The molecule has 0 saturated carbocycles. The van der Waals surface area contributed by atoms with E-state index in [0.29, 0.717) is 41.7 Å². The average Bonchev–Trinajstić information content (AvgIpc) is 3.16. The van der Waals surface area contributed by atoms with Gasteiger partial charge in [0.15, 0.2) is 11.5 Å². The molecule has 1 fully saturated rings. The Morgan fingerprint density at radius 1 is 1.00 bits per heavy atom. The molecular weight excluding hydrogens is 554 g/mol. The number of anilines is 1. The highest BCUT2D eigenvalue weighted by Gasteiger charge is 2.35. The van der Waals surface area contributed by atoms with E-state index in [1.165, 1.54) is 13.2 Å². The van der Waals surface area contributed by atoms with Crippen molar-refractivity contribution in [3.05, 3.63) is 88.0 Å². The fourth-order valence-corrected chi connectivity index (χ4v) is 3.97. The summed E-state index contributed by atoms with van der Waals surface area (Å²) in [7, 11) is 1.48. The van der Waals surface area contributed by atoms with Crippen molar-refractivity contribution in [3.8, 4) is 17.2 Å². The molecule has 0 bridgehead atoms. The Bertz CT molecular complexity index is 1370. The van der Waals surface area contributed by atoms with Crippen LogP contribution < -0.4 is 24.8 Å². The third-order valence-electron chi connectivity index (χ3n) is 5.53. The van der Waals surface area contributed by atoms with Gasteiger partial charge in [-0.2, -0.15) is 0 Å². The highest BCUT2D eigenvalue weighted by atomic mass is 79.9. The summed E-state index contributed by atoms with van der Waals surface area (Å²) in [4.78, 5) is 38.7. The lowest BCUT2D eigenvalue weighted by Crippen LogP contribution is -2.38. The van der Waals surface area contributed by atoms with Crippen molar-refractivity contribution >= 4 is 45.5 Å². The standard InChI is InChI=1S/C28H26BrN3O6/c1-3-37-25-15-19(10-13-24(25)38-17-18-8-11-20(29)12-9-18)14-22-27(34)32(28(35)31-22)16-26(33)30-21-6-4-5-7-23(21)36-2/h4-15H,3,16-17H2,1-2H3,(H,30,33)(H,31,35)/b22-14+. The topological polar surface area (TPSA) is 106 Å². The Morgan fingerprint density at radius 2 is 1.76 bits per heavy atom. The molecule has 196 valence electrons. The number of methoxy groups -OCH3 is 1. The Kier molecular flexibility index (Phi) is 8.65. The lowest BCUT2D eigenvalue weighted by atomic mass is 10.1. The Morgan fingerprint density at radius 3 is 2.50 bits per heavy atom. The number of nitrogens with one attached hydrogen (secondary N) is 2. The number of carbonyl (C=O) groups is 3. The van der Waals surface area contributed by atoms with Crippen molar-refractivity contribution in [2.45, 2.75) is 13.5 Å². The number of benzene rings is 3. The van der Waals surface area contributed by atoms with Crippen LogP contribution in [0.2, 0.25) is 0 Å². The quantitative estimate of drug-likeness (QED) is 0.259. The summed E-state index contributed by atoms with van der Waals surface area (Å²) >= 11 is 3.42. The van der Waals surface area contributed by atoms with Gasteiger partial charge in [-0.3, -0.25) is 9.59 Å². The molecule has 3 aromatic rings. The molecule has 10 heteroatoms. The molecule has 2 N–H and O–H groups in total. The number of para-hydroxylation sites is 2. The number of carbonyl (C=O) groups excluding carboxylic acids is 3. The smallest absolute Gasteiger partial charge is 0.329 e. The zero-order valence-electron chi connectivity index (χ0n) is 20.8. The molecule has 0 aliphatic carbocycles. The molecule has 38 heavy (non-hydrogen) atoms. The lowest BCUT2D eigenvalue weighted by molar-refractivity contribution is -0.127. The summed E-state index contributed by atoms with van der Waals surface area (Å²) in [5.74, 6) is 0.369. The predicted molar refractivity (Wildman–Crippen MR) is 146 cm³/mol. The van der Waals surface area contributed by atoms with E-state index >= 15 is 0 Å². The van der Waals surface area contributed by atoms with Crippen molar-refractivity contribution in [2.24, 2.45) is 0 Å². The van der Waals surface area contributed by atoms with Crippen LogP contribution in [0, 0.1) is 0 Å². The number of urea groups is 1. The monoisotopic (exact) mass is 579 g/mol. The molecule has 1 heterocycles. The van der Waals surface area contributed by atoms with Crippen LogP contribution in [-0.4, -0.2) is 43.0 Å². The van der Waals surface area contributed by atoms with E-state index in [0.717, 1.165) is 14.9 Å². The lowest BCUT2D eigenvalue weighted by Gasteiger charge is -2.14. The third-order valence-corrected chi connectivity index (χ3v) is 6.06. The van der Waals surface area contributed by atoms with Gasteiger partial charge in [-0.25, -0.2) is 9.69 Å². The number of ether oxygens (including phenoxy) is 3. The van der Waals surface area contributed by atoms with Crippen molar-refractivity contribution in [2.75, 3.05) is 25.6 Å². The predicted octanol–water partition coefficient (Wildman–Crippen LogP) is 4.97. The van der Waals surface area contributed by atoms with Crippen molar-refractivity contribution in [1.82, 2.24) is 10.2 Å². The van der Waals surface area contributed by atoms with Gasteiger partial charge < -0.3 is 24.8 Å². The second kappa shape index (κ2) is 12.3. The maximum atomic E-state index is 12.9. The molecule has 1 saturated heterocycles. The van der Waals surface area contributed by atoms with Crippen LogP contribution >= 0.6 is 15.9 Å². The van der Waals surface area contributed by atoms with E-state index in [1.54, 1.807) is 42.5 Å². The van der Waals surface area contributed by atoms with Gasteiger partial charge in [0.1, 0.15) is 24.6 Å². The van der Waals surface area contributed by atoms with Gasteiger partial charge in [0.05, 0.1) is 19.4 Å². The Labute approximate surface area is 228 Å². The van der Waals surface area contributed by atoms with Crippen LogP contribution in [0.3, 0.4) is 0 Å². The van der Waals surface area contributed by atoms with Crippen molar-refractivity contribution < 1.29 is 28.6 Å². The molecule has 9 nitrogen and oxygen atoms in total. The first kappa shape index (κ1) is 26.7. The molecule has 0 atom stereocenters. The minimum atomic E-state index is -0.684. The molecule has 4 rings (SSSR count). The minimum absolute atomic E-state index is 0.0473. The first-order valence-corrected chi connectivity index (χ1v) is 12.6. The highest BCUT2D eigenvalue weighted by molar-refractivity contribution is 9.10. The van der Waals surface area contributed by atoms with Crippen molar-refractivity contribution in [3.63, 3.8) is 0 Å². The molecule has 0 unspecified atom stereocenters. The van der Waals surface area contributed by atoms with Gasteiger partial charge in [0.25, 0.3) is 5.91 Å². The molecule has 4 amide bonds. The van der Waals surface area contributed by atoms with Crippen LogP contribution in [0.15, 0.2) is 76.9 Å². The molecule has 0 aromatic heterocycles. The number of amides is 4. The van der Waals surface area contributed by atoms with Crippen molar-refractivity contribution in [1.29, 1.82) is 0 Å². The number of hydrogen-bond donors (Lipinski definition) is 2. The van der Waals surface area contributed by atoms with Gasteiger partial charge >= 0.3 is 6.03 Å². The van der Waals surface area contributed by atoms with Gasteiger partial charge in [-0.15, -0.1) is 0 Å². The molecule has 1 aliphatic heterocycles. The average molecular weight is 580 g/mol. The maximum Gasteiger partial charge on any atom is 0.329 e. The molecule has 3 aromatic carbocycles. The summed E-state index contributed by atoms with van der Waals surface area (Å²) in [6.45, 7) is 2.18. The molecular formula is C28H26BrN3O6. The van der Waals surface area contributed by atoms with Crippen LogP contribution in [0.4, 0.5) is 10.5 Å². The zero-order chi connectivity index (χ0) is 27.1. The fourth-order valence-electron chi connectivity index (χ4n) is 3.71. The van der Waals surface area contributed by atoms with E-state index in [1.807, 2.05) is 31.2 Å². The van der Waals surface area contributed by atoms with Gasteiger partial charge in [0.2, 0.25) is 5.91 Å². The van der Waals surface area contributed by atoms with Gasteiger partial charge in [0, 0.05) is 4.47 Å². The van der Waals surface area contributed by atoms with E-state index < -0.39 is 24.4 Å². The first-order valence-electron chi connectivity index (χ1n) is 11.8. The molecule has 0 spiro atoms. The summed E-state index contributed by atoms with van der Waals surface area (Å²) in [5.41, 5.74) is 2.10. The van der Waals surface area contributed by atoms with E-state index in [-0.39, 0.29) is 5.70 Å². The van der Waals surface area contributed by atoms with Crippen LogP contribution in [0.1, 0.15) is 18.1 Å². The Balaban J connectivity index is 1.44. The SMILES string of the molecule is CCOc1cc(/C=C2/NC(=O)N(CC(=O)Nc3ccccc3OC)C2=O)ccc1OCc1ccc(Br)cc1. The maximum absolute atomic E-state index is 12.9. The minimum Gasteiger partial charge on any atom is -0.495 e. The van der Waals surface area contributed by atoms with Crippen LogP contribution in [0.25, 0.3) is 6.08 Å². The summed E-state index contributed by atoms with van der Waals surface area (Å²) < 4.78 is 17.9. The number of halogens is 1. The molecule has 0 radical (unpaired) electrons. The second-order valence-corrected chi connectivity index (χ2v) is 9.10.